The molecule has 1 saturated carbocycles. The van der Waals surface area contributed by atoms with Crippen LogP contribution in [0.3, 0.4) is 0 Å². The zero-order valence-electron chi connectivity index (χ0n) is 14.0. The molecule has 0 amide bonds. The Morgan fingerprint density at radius 2 is 1.96 bits per heavy atom. The van der Waals surface area contributed by atoms with Gasteiger partial charge in [-0.1, -0.05) is 0 Å². The van der Waals surface area contributed by atoms with Crippen LogP contribution < -0.4 is 4.74 Å². The first-order valence-corrected chi connectivity index (χ1v) is 8.81. The Bertz CT molecular complexity index is 711. The van der Waals surface area contributed by atoms with Crippen LogP contribution in [0.15, 0.2) is 36.7 Å². The Kier molecular flexibility index (Phi) is 4.53. The molecule has 0 radical (unpaired) electrons. The van der Waals surface area contributed by atoms with E-state index in [0.717, 1.165) is 44.6 Å². The average molecular weight is 343 g/mol. The van der Waals surface area contributed by atoms with Crippen LogP contribution in [0.5, 0.6) is 11.5 Å². The summed E-state index contributed by atoms with van der Waals surface area (Å²) >= 11 is 0. The van der Waals surface area contributed by atoms with E-state index in [1.54, 1.807) is 18.2 Å². The number of aromatic nitrogens is 2. The van der Waals surface area contributed by atoms with Gasteiger partial charge >= 0.3 is 0 Å². The highest BCUT2D eigenvalue weighted by molar-refractivity contribution is 5.19. The highest BCUT2D eigenvalue weighted by atomic mass is 19.1. The molecular weight excluding hydrogens is 321 g/mol. The van der Waals surface area contributed by atoms with Crippen molar-refractivity contribution in [1.82, 2.24) is 14.9 Å². The molecule has 2 aliphatic rings. The van der Waals surface area contributed by atoms with Gasteiger partial charge in [0, 0.05) is 37.9 Å². The van der Waals surface area contributed by atoms with E-state index in [2.05, 4.69) is 14.9 Å². The van der Waals surface area contributed by atoms with Gasteiger partial charge in [-0.2, -0.15) is 4.39 Å². The van der Waals surface area contributed by atoms with Crippen molar-refractivity contribution in [3.63, 3.8) is 0 Å². The summed E-state index contributed by atoms with van der Waals surface area (Å²) in [6.45, 7) is 3.11. The molecule has 132 valence electrons. The molecule has 3 atom stereocenters. The van der Waals surface area contributed by atoms with Crippen molar-refractivity contribution in [2.45, 2.75) is 25.4 Å². The molecule has 2 fully saturated rings. The molecule has 0 unspecified atom stereocenters. The van der Waals surface area contributed by atoms with Crippen LogP contribution in [0.25, 0.3) is 0 Å². The molecule has 0 aromatic carbocycles. The van der Waals surface area contributed by atoms with Gasteiger partial charge in [-0.05, 0) is 48.9 Å². The average Bonchev–Trinajstić information content (AvgIpc) is 3.14. The standard InChI is InChI=1S/C19H22FN3O2/c20-19-18(2-1-6-21-19)25-17-8-13-11-23(12-14(13)9-17)7-5-15-3-4-16(24)10-22-15/h1-4,6,10,13-14,17,24H,5,7-9,11-12H2/t13-,14+,17+. The van der Waals surface area contributed by atoms with E-state index < -0.39 is 5.95 Å². The lowest BCUT2D eigenvalue weighted by atomic mass is 10.0. The summed E-state index contributed by atoms with van der Waals surface area (Å²) in [5.41, 5.74) is 1.00. The van der Waals surface area contributed by atoms with Crippen LogP contribution in [0, 0.1) is 17.8 Å². The van der Waals surface area contributed by atoms with Gasteiger partial charge in [0.25, 0.3) is 5.95 Å². The van der Waals surface area contributed by atoms with Crippen LogP contribution in [0.2, 0.25) is 0 Å². The molecule has 5 nitrogen and oxygen atoms in total. The van der Waals surface area contributed by atoms with Crippen LogP contribution in [-0.2, 0) is 6.42 Å². The maximum absolute atomic E-state index is 13.6. The van der Waals surface area contributed by atoms with E-state index in [1.165, 1.54) is 12.4 Å². The van der Waals surface area contributed by atoms with Crippen LogP contribution in [-0.4, -0.2) is 45.7 Å². The Balaban J connectivity index is 1.26. The van der Waals surface area contributed by atoms with Gasteiger partial charge in [0.2, 0.25) is 0 Å². The van der Waals surface area contributed by atoms with Gasteiger partial charge in [-0.25, -0.2) is 4.98 Å². The first-order chi connectivity index (χ1) is 12.2. The fourth-order valence-electron chi connectivity index (χ4n) is 4.10. The zero-order valence-corrected chi connectivity index (χ0v) is 14.0. The number of likely N-dealkylation sites (tertiary alicyclic amines) is 1. The van der Waals surface area contributed by atoms with E-state index in [-0.39, 0.29) is 17.6 Å². The summed E-state index contributed by atoms with van der Waals surface area (Å²) in [4.78, 5) is 10.4. The minimum atomic E-state index is -0.525. The molecule has 1 aliphatic carbocycles. The number of aromatic hydroxyl groups is 1. The van der Waals surface area contributed by atoms with Crippen molar-refractivity contribution in [3.8, 4) is 11.5 Å². The van der Waals surface area contributed by atoms with Crippen molar-refractivity contribution >= 4 is 0 Å². The number of hydrogen-bond acceptors (Lipinski definition) is 5. The summed E-state index contributed by atoms with van der Waals surface area (Å²) in [7, 11) is 0. The quantitative estimate of drug-likeness (QED) is 0.846. The van der Waals surface area contributed by atoms with Gasteiger partial charge in [0.15, 0.2) is 5.75 Å². The molecule has 1 aliphatic heterocycles. The number of halogens is 1. The van der Waals surface area contributed by atoms with Gasteiger partial charge in [0.1, 0.15) is 5.75 Å². The molecular formula is C19H22FN3O2. The summed E-state index contributed by atoms with van der Waals surface area (Å²) in [5, 5.41) is 9.28. The molecule has 1 N–H and O–H groups in total. The first-order valence-electron chi connectivity index (χ1n) is 8.81. The Hall–Kier alpha value is -2.21. The highest BCUT2D eigenvalue weighted by Crippen LogP contribution is 2.39. The fourth-order valence-corrected chi connectivity index (χ4v) is 4.10. The summed E-state index contributed by atoms with van der Waals surface area (Å²) in [6, 6.07) is 6.90. The van der Waals surface area contributed by atoms with Crippen molar-refractivity contribution in [2.75, 3.05) is 19.6 Å². The molecule has 6 heteroatoms. The van der Waals surface area contributed by atoms with Gasteiger partial charge in [-0.3, -0.25) is 4.98 Å². The van der Waals surface area contributed by atoms with Crippen molar-refractivity contribution in [3.05, 3.63) is 48.3 Å². The minimum Gasteiger partial charge on any atom is -0.506 e. The number of hydrogen-bond donors (Lipinski definition) is 1. The lowest BCUT2D eigenvalue weighted by Crippen LogP contribution is -2.26. The Morgan fingerprint density at radius 3 is 2.64 bits per heavy atom. The van der Waals surface area contributed by atoms with E-state index in [9.17, 15) is 9.50 Å². The summed E-state index contributed by atoms with van der Waals surface area (Å²) in [6.07, 6.45) is 5.87. The number of rotatable bonds is 5. The molecule has 3 heterocycles. The summed E-state index contributed by atoms with van der Waals surface area (Å²) < 4.78 is 19.4. The van der Waals surface area contributed by atoms with E-state index in [1.807, 2.05) is 6.07 Å². The zero-order chi connectivity index (χ0) is 17.2. The number of pyridine rings is 2. The van der Waals surface area contributed by atoms with Crippen molar-refractivity contribution in [2.24, 2.45) is 11.8 Å². The Labute approximate surface area is 146 Å². The third-order valence-corrected chi connectivity index (χ3v) is 5.30. The van der Waals surface area contributed by atoms with Crippen molar-refractivity contribution < 1.29 is 14.2 Å². The maximum atomic E-state index is 13.6. The van der Waals surface area contributed by atoms with Gasteiger partial charge < -0.3 is 14.7 Å². The molecule has 0 spiro atoms. The molecule has 25 heavy (non-hydrogen) atoms. The SMILES string of the molecule is Oc1ccc(CCN2C[C@H]3C[C@H](Oc4cccnc4F)C[C@H]3C2)nc1. The maximum Gasteiger partial charge on any atom is 0.255 e. The second kappa shape index (κ2) is 6.96. The predicted octanol–water partition coefficient (Wildman–Crippen LogP) is 2.65. The lowest BCUT2D eigenvalue weighted by molar-refractivity contribution is 0.177. The third-order valence-electron chi connectivity index (χ3n) is 5.30. The first kappa shape index (κ1) is 16.3. The van der Waals surface area contributed by atoms with Crippen LogP contribution in [0.1, 0.15) is 18.5 Å². The number of nitrogens with zero attached hydrogens (tertiary/aromatic N) is 3. The second-order valence-corrected chi connectivity index (χ2v) is 7.04. The van der Waals surface area contributed by atoms with Crippen LogP contribution >= 0.6 is 0 Å². The second-order valence-electron chi connectivity index (χ2n) is 7.04. The topological polar surface area (TPSA) is 58.5 Å². The van der Waals surface area contributed by atoms with Gasteiger partial charge in [-0.15, -0.1) is 0 Å². The molecule has 2 aromatic heterocycles. The lowest BCUT2D eigenvalue weighted by Gasteiger charge is -2.19. The van der Waals surface area contributed by atoms with Crippen LogP contribution in [0.4, 0.5) is 4.39 Å². The fraction of sp³-hybridized carbons (Fsp3) is 0.474. The minimum absolute atomic E-state index is 0.0922. The molecule has 1 saturated heterocycles. The number of ether oxygens (including phenoxy) is 1. The normalized spacial score (nSPS) is 25.9. The van der Waals surface area contributed by atoms with E-state index in [4.69, 9.17) is 4.74 Å². The van der Waals surface area contributed by atoms with E-state index in [0.29, 0.717) is 11.8 Å². The third kappa shape index (κ3) is 3.74. The molecule has 2 aromatic rings. The highest BCUT2D eigenvalue weighted by Gasteiger charge is 2.41. The van der Waals surface area contributed by atoms with Gasteiger partial charge in [0.05, 0.1) is 12.3 Å². The monoisotopic (exact) mass is 343 g/mol. The van der Waals surface area contributed by atoms with E-state index >= 15 is 0 Å². The molecule has 0 bridgehead atoms. The predicted molar refractivity (Wildman–Crippen MR) is 90.9 cm³/mol. The largest absolute Gasteiger partial charge is 0.506 e. The molecule has 4 rings (SSSR count). The Morgan fingerprint density at radius 1 is 1.16 bits per heavy atom. The summed E-state index contributed by atoms with van der Waals surface area (Å²) in [5.74, 6) is 1.19. The smallest absolute Gasteiger partial charge is 0.255 e. The number of fused-ring (bicyclic) bond motifs is 1. The van der Waals surface area contributed by atoms with Crippen molar-refractivity contribution in [1.29, 1.82) is 0 Å².